The topological polar surface area (TPSA) is 54.4 Å². The fourth-order valence-corrected chi connectivity index (χ4v) is 3.45. The average molecular weight is 301 g/mol. The van der Waals surface area contributed by atoms with Crippen molar-refractivity contribution < 1.29 is 13.0 Å². The molecule has 3 aromatic rings. The Kier molecular flexibility index (Phi) is 4.15. The van der Waals surface area contributed by atoms with Crippen LogP contribution in [-0.2, 0) is 10.1 Å². The van der Waals surface area contributed by atoms with Gasteiger partial charge in [-0.3, -0.25) is 4.55 Å². The number of rotatable bonds is 1. The van der Waals surface area contributed by atoms with Crippen LogP contribution in [0.3, 0.4) is 0 Å². The maximum atomic E-state index is 11.5. The van der Waals surface area contributed by atoms with Crippen molar-refractivity contribution in [3.63, 3.8) is 0 Å². The number of hydrogen-bond donors (Lipinski definition) is 1. The fraction of sp³-hybridized carbons (Fsp3) is 0. The first-order valence-electron chi connectivity index (χ1n) is 5.55. The third-order valence-electron chi connectivity index (χ3n) is 3.05. The van der Waals surface area contributed by atoms with Gasteiger partial charge in [0.15, 0.2) is 0 Å². The normalized spacial score (nSPS) is 11.5. The molecule has 0 heterocycles. The molecule has 0 aromatic heterocycles. The molecule has 0 radical (unpaired) electrons. The van der Waals surface area contributed by atoms with Crippen molar-refractivity contribution in [2.24, 2.45) is 0 Å². The molecule has 1 N–H and O–H groups in total. The molecular weight excluding hydrogens is 291 g/mol. The summed E-state index contributed by atoms with van der Waals surface area (Å²) >= 11 is 5.90. The molecule has 0 spiro atoms. The second-order valence-electron chi connectivity index (χ2n) is 4.27. The van der Waals surface area contributed by atoms with E-state index in [2.05, 4.69) is 0 Å². The molecule has 0 bridgehead atoms. The molecule has 0 aliphatic carbocycles. The van der Waals surface area contributed by atoms with Crippen LogP contribution in [0.4, 0.5) is 0 Å². The Hall–Kier alpha value is -1.02. The number of halogens is 1. The summed E-state index contributed by atoms with van der Waals surface area (Å²) in [5.74, 6) is 0. The van der Waals surface area contributed by atoms with Crippen LogP contribution in [0.15, 0.2) is 53.4 Å². The van der Waals surface area contributed by atoms with Crippen molar-refractivity contribution in [2.75, 3.05) is 0 Å². The molecule has 3 rings (SSSR count). The number of fused-ring (bicyclic) bond motifs is 2. The van der Waals surface area contributed by atoms with E-state index in [0.29, 0.717) is 5.39 Å². The van der Waals surface area contributed by atoms with Gasteiger partial charge in [0.2, 0.25) is 0 Å². The van der Waals surface area contributed by atoms with E-state index in [9.17, 15) is 13.0 Å². The minimum atomic E-state index is -4.36. The second-order valence-corrected chi connectivity index (χ2v) is 6.04. The summed E-state index contributed by atoms with van der Waals surface area (Å²) in [4.78, 5) is -0.239. The first-order valence-corrected chi connectivity index (χ1v) is 7.37. The van der Waals surface area contributed by atoms with E-state index in [1.54, 1.807) is 12.1 Å². The third-order valence-corrected chi connectivity index (χ3v) is 4.43. The second kappa shape index (κ2) is 5.40. The van der Waals surface area contributed by atoms with Crippen LogP contribution < -0.4 is 0 Å². The molecule has 0 saturated carbocycles. The third kappa shape index (κ3) is 2.58. The van der Waals surface area contributed by atoms with Gasteiger partial charge in [-0.15, -0.1) is 0 Å². The molecule has 6 heteroatoms. The van der Waals surface area contributed by atoms with E-state index in [1.807, 2.05) is 30.3 Å². The zero-order valence-corrected chi connectivity index (χ0v) is 11.2. The molecule has 3 aromatic carbocycles. The summed E-state index contributed by atoms with van der Waals surface area (Å²) < 4.78 is 32.3. The van der Waals surface area contributed by atoms with Gasteiger partial charge in [-0.25, -0.2) is 0 Å². The zero-order chi connectivity index (χ0) is 13.6. The molecule has 0 saturated heterocycles. The summed E-state index contributed by atoms with van der Waals surface area (Å²) in [7, 11) is -4.36. The van der Waals surface area contributed by atoms with Crippen LogP contribution in [0.1, 0.15) is 0 Å². The molecule has 0 aliphatic rings. The van der Waals surface area contributed by atoms with Gasteiger partial charge in [0.1, 0.15) is 4.90 Å². The predicted octanol–water partition coefficient (Wildman–Crippen LogP) is 3.24. The van der Waals surface area contributed by atoms with Crippen LogP contribution in [0.2, 0.25) is 5.02 Å². The molecule has 3 nitrogen and oxygen atoms in total. The van der Waals surface area contributed by atoms with Crippen molar-refractivity contribution in [1.29, 1.82) is 0 Å². The van der Waals surface area contributed by atoms with E-state index < -0.39 is 10.1 Å². The maximum absolute atomic E-state index is 11.5. The zero-order valence-electron chi connectivity index (χ0n) is 9.67. The van der Waals surface area contributed by atoms with Crippen LogP contribution in [0.5, 0.6) is 0 Å². The Morgan fingerprint density at radius 1 is 0.900 bits per heavy atom. The van der Waals surface area contributed by atoms with E-state index in [-0.39, 0.29) is 28.8 Å². The van der Waals surface area contributed by atoms with E-state index in [0.717, 1.165) is 16.2 Å². The fourth-order valence-electron chi connectivity index (χ4n) is 2.22. The van der Waals surface area contributed by atoms with Gasteiger partial charge in [0.05, 0.1) is 5.02 Å². The molecule has 0 atom stereocenters. The Balaban J connectivity index is 0.00000147. The van der Waals surface area contributed by atoms with Gasteiger partial charge in [0.25, 0.3) is 10.1 Å². The van der Waals surface area contributed by atoms with Gasteiger partial charge in [-0.05, 0) is 34.4 Å². The van der Waals surface area contributed by atoms with Gasteiger partial charge < -0.3 is 0 Å². The monoisotopic (exact) mass is 300 g/mol. The SMILES string of the molecule is O=S(=O)(O)c1c(Cl)ccc2cc3ccccc3cc12.[LiH]. The van der Waals surface area contributed by atoms with Crippen molar-refractivity contribution >= 4 is 62.1 Å². The first-order chi connectivity index (χ1) is 8.97. The molecule has 0 aliphatic heterocycles. The summed E-state index contributed by atoms with van der Waals surface area (Å²) in [6, 6.07) is 14.4. The molecular formula is C14H10ClLiO3S. The Morgan fingerprint density at radius 3 is 2.10 bits per heavy atom. The Labute approximate surface area is 133 Å². The average Bonchev–Trinajstić information content (AvgIpc) is 2.34. The first kappa shape index (κ1) is 15.4. The van der Waals surface area contributed by atoms with Crippen molar-refractivity contribution in [3.8, 4) is 0 Å². The van der Waals surface area contributed by atoms with Gasteiger partial charge in [0, 0.05) is 5.39 Å². The summed E-state index contributed by atoms with van der Waals surface area (Å²) in [5, 5.41) is 3.05. The van der Waals surface area contributed by atoms with E-state index >= 15 is 0 Å². The van der Waals surface area contributed by atoms with E-state index in [1.165, 1.54) is 6.07 Å². The molecule has 0 amide bonds. The van der Waals surface area contributed by atoms with Gasteiger partial charge >= 0.3 is 18.9 Å². The number of benzene rings is 3. The summed E-state index contributed by atoms with van der Waals surface area (Å²) in [6.45, 7) is 0. The molecule has 98 valence electrons. The van der Waals surface area contributed by atoms with Gasteiger partial charge in [-0.2, -0.15) is 8.42 Å². The Morgan fingerprint density at radius 2 is 1.50 bits per heavy atom. The summed E-state index contributed by atoms with van der Waals surface area (Å²) in [6.07, 6.45) is 0. The quantitative estimate of drug-likeness (QED) is 0.426. The Bertz CT molecular complexity index is 907. The van der Waals surface area contributed by atoms with Crippen LogP contribution in [0.25, 0.3) is 21.5 Å². The van der Waals surface area contributed by atoms with Crippen LogP contribution in [-0.4, -0.2) is 31.8 Å². The standard InChI is InChI=1S/C14H9ClO3S.Li.H/c15-13-6-5-11-7-9-3-1-2-4-10(9)8-12(11)14(13)19(16,17)18;;/h1-8H,(H,16,17,18);;. The van der Waals surface area contributed by atoms with Crippen molar-refractivity contribution in [1.82, 2.24) is 0 Å². The van der Waals surface area contributed by atoms with Crippen molar-refractivity contribution in [3.05, 3.63) is 53.6 Å². The predicted molar refractivity (Wildman–Crippen MR) is 83.4 cm³/mol. The van der Waals surface area contributed by atoms with E-state index in [4.69, 9.17) is 11.6 Å². The molecule has 0 fully saturated rings. The number of hydrogen-bond acceptors (Lipinski definition) is 2. The minimum absolute atomic E-state index is 0. The van der Waals surface area contributed by atoms with Crippen molar-refractivity contribution in [2.45, 2.75) is 4.90 Å². The van der Waals surface area contributed by atoms with Crippen LogP contribution in [0, 0.1) is 0 Å². The summed E-state index contributed by atoms with van der Waals surface area (Å²) in [5.41, 5.74) is 0. The molecule has 20 heavy (non-hydrogen) atoms. The van der Waals surface area contributed by atoms with Crippen LogP contribution >= 0.6 is 11.6 Å². The molecule has 0 unspecified atom stereocenters. The van der Waals surface area contributed by atoms with Gasteiger partial charge in [-0.1, -0.05) is 41.9 Å².